The van der Waals surface area contributed by atoms with E-state index in [0.717, 1.165) is 22.5 Å². The van der Waals surface area contributed by atoms with Gasteiger partial charge in [-0.1, -0.05) is 17.7 Å². The molecular weight excluding hydrogens is 511 g/mol. The molecule has 200 valence electrons. The van der Waals surface area contributed by atoms with Crippen LogP contribution in [0.1, 0.15) is 35.6 Å². The van der Waals surface area contributed by atoms with Crippen LogP contribution in [0.3, 0.4) is 0 Å². The van der Waals surface area contributed by atoms with E-state index in [9.17, 15) is 18.3 Å². The number of nitrogens with one attached hydrogen (secondary N) is 3. The van der Waals surface area contributed by atoms with Gasteiger partial charge in [0.25, 0.3) is 0 Å². The van der Waals surface area contributed by atoms with Crippen molar-refractivity contribution in [3.8, 4) is 5.75 Å². The maximum Gasteiger partial charge on any atom is 0.415 e. The normalized spacial score (nSPS) is 16.0. The molecule has 3 aromatic rings. The Morgan fingerprint density at radius 2 is 1.95 bits per heavy atom. The second-order valence-corrected chi connectivity index (χ2v) is 9.52. The van der Waals surface area contributed by atoms with Crippen molar-refractivity contribution in [3.63, 3.8) is 0 Å². The topological polar surface area (TPSA) is 111 Å². The van der Waals surface area contributed by atoms with Gasteiger partial charge in [-0.2, -0.15) is 23.3 Å². The highest BCUT2D eigenvalue weighted by Crippen LogP contribution is 2.38. The molecule has 1 aromatic carbocycles. The van der Waals surface area contributed by atoms with Crippen molar-refractivity contribution >= 4 is 34.9 Å². The van der Waals surface area contributed by atoms with Crippen LogP contribution in [-0.4, -0.2) is 69.2 Å². The molecule has 0 bridgehead atoms. The van der Waals surface area contributed by atoms with Gasteiger partial charge in [-0.25, -0.2) is 4.98 Å². The minimum atomic E-state index is -4.61. The number of likely N-dealkylation sites (tertiary alicyclic amines) is 1. The minimum Gasteiger partial charge on any atom is -0.496 e. The molecule has 1 fully saturated rings. The third-order valence-corrected chi connectivity index (χ3v) is 6.63. The SMILES string of the molecule is COc1cc(Nc2ncc(Cl)c(Nc3cc(C)[nH]n3)n2)c(C)cc1C1CCN(CC(O)C(F)(F)F)CC1. The Labute approximate surface area is 217 Å². The fraction of sp³-hybridized carbons (Fsp3) is 0.458. The van der Waals surface area contributed by atoms with Gasteiger partial charge in [0.05, 0.1) is 13.3 Å². The van der Waals surface area contributed by atoms with Crippen molar-refractivity contribution in [2.45, 2.75) is 44.9 Å². The van der Waals surface area contributed by atoms with Crippen LogP contribution in [0.25, 0.3) is 0 Å². The quantitative estimate of drug-likeness (QED) is 0.314. The largest absolute Gasteiger partial charge is 0.496 e. The van der Waals surface area contributed by atoms with Crippen molar-refractivity contribution < 1.29 is 23.0 Å². The number of anilines is 4. The van der Waals surface area contributed by atoms with Crippen LogP contribution in [0.5, 0.6) is 5.75 Å². The number of rotatable bonds is 8. The standard InChI is InChI=1S/C24H29ClF3N7O2/c1-13-8-16(15-4-6-35(7-5-15)12-20(36)24(26,27)28)19(37-3)10-18(13)30-23-29-11-17(25)22(32-23)31-21-9-14(2)33-34-21/h8-11,15,20,36H,4-7,12H2,1-3H3,(H3,29,30,31,32,33,34). The zero-order valence-electron chi connectivity index (χ0n) is 20.7. The van der Waals surface area contributed by atoms with Crippen LogP contribution in [0, 0.1) is 13.8 Å². The van der Waals surface area contributed by atoms with E-state index >= 15 is 0 Å². The lowest BCUT2D eigenvalue weighted by Gasteiger charge is -2.34. The maximum absolute atomic E-state index is 12.7. The molecule has 1 atom stereocenters. The molecule has 0 aliphatic carbocycles. The highest BCUT2D eigenvalue weighted by molar-refractivity contribution is 6.32. The van der Waals surface area contributed by atoms with Crippen LogP contribution in [0.2, 0.25) is 5.02 Å². The number of aromatic nitrogens is 4. The van der Waals surface area contributed by atoms with E-state index < -0.39 is 18.8 Å². The second-order valence-electron chi connectivity index (χ2n) is 9.12. The molecule has 1 aliphatic rings. The smallest absolute Gasteiger partial charge is 0.415 e. The number of alkyl halides is 3. The molecule has 1 saturated heterocycles. The molecule has 0 saturated carbocycles. The molecule has 3 heterocycles. The first kappa shape index (κ1) is 27.0. The van der Waals surface area contributed by atoms with Gasteiger partial charge in [-0.3, -0.25) is 5.10 Å². The predicted octanol–water partition coefficient (Wildman–Crippen LogP) is 5.07. The maximum atomic E-state index is 12.7. The highest BCUT2D eigenvalue weighted by atomic mass is 35.5. The number of hydrogen-bond acceptors (Lipinski definition) is 8. The molecule has 0 radical (unpaired) electrons. The number of hydrogen-bond donors (Lipinski definition) is 4. The zero-order chi connectivity index (χ0) is 26.7. The van der Waals surface area contributed by atoms with Crippen LogP contribution >= 0.6 is 11.6 Å². The van der Waals surface area contributed by atoms with Crippen LogP contribution in [-0.2, 0) is 0 Å². The van der Waals surface area contributed by atoms with E-state index in [4.69, 9.17) is 16.3 Å². The van der Waals surface area contributed by atoms with Crippen LogP contribution in [0.15, 0.2) is 24.4 Å². The number of nitrogens with zero attached hydrogens (tertiary/aromatic N) is 4. The number of benzene rings is 1. The third-order valence-electron chi connectivity index (χ3n) is 6.36. The summed E-state index contributed by atoms with van der Waals surface area (Å²) in [5.74, 6) is 2.09. The number of methoxy groups -OCH3 is 1. The van der Waals surface area contributed by atoms with Crippen molar-refractivity contribution in [1.82, 2.24) is 25.1 Å². The number of β-amino-alcohol motifs (C(OH)–C–C–N with tert-alkyl or cyclic N) is 1. The summed E-state index contributed by atoms with van der Waals surface area (Å²) < 4.78 is 43.8. The Morgan fingerprint density at radius 3 is 2.57 bits per heavy atom. The Balaban J connectivity index is 1.46. The number of aromatic amines is 1. The Kier molecular flexibility index (Phi) is 8.10. The predicted molar refractivity (Wildman–Crippen MR) is 135 cm³/mol. The lowest BCUT2D eigenvalue weighted by molar-refractivity contribution is -0.208. The highest BCUT2D eigenvalue weighted by Gasteiger charge is 2.39. The number of ether oxygens (including phenoxy) is 1. The molecule has 1 aliphatic heterocycles. The molecule has 0 spiro atoms. The summed E-state index contributed by atoms with van der Waals surface area (Å²) in [5.41, 5.74) is 3.56. The molecule has 1 unspecified atom stereocenters. The van der Waals surface area contributed by atoms with E-state index in [2.05, 4.69) is 30.8 Å². The number of aliphatic hydroxyl groups excluding tert-OH is 1. The first-order valence-electron chi connectivity index (χ1n) is 11.8. The Bertz CT molecular complexity index is 1230. The number of piperidine rings is 1. The van der Waals surface area contributed by atoms with Gasteiger partial charge >= 0.3 is 6.18 Å². The Morgan fingerprint density at radius 1 is 1.22 bits per heavy atom. The van der Waals surface area contributed by atoms with E-state index in [-0.39, 0.29) is 5.92 Å². The minimum absolute atomic E-state index is 0.127. The first-order valence-corrected chi connectivity index (χ1v) is 12.2. The van der Waals surface area contributed by atoms with E-state index in [1.54, 1.807) is 12.0 Å². The average molecular weight is 540 g/mol. The van der Waals surface area contributed by atoms with E-state index in [0.29, 0.717) is 54.3 Å². The number of H-pyrrole nitrogens is 1. The summed E-state index contributed by atoms with van der Waals surface area (Å²) in [6.45, 7) is 4.34. The monoisotopic (exact) mass is 539 g/mol. The molecule has 2 aromatic heterocycles. The molecule has 9 nitrogen and oxygen atoms in total. The fourth-order valence-electron chi connectivity index (χ4n) is 4.35. The van der Waals surface area contributed by atoms with E-state index in [1.165, 1.54) is 6.20 Å². The molecule has 4 rings (SSSR count). The summed E-state index contributed by atoms with van der Waals surface area (Å²) >= 11 is 6.26. The van der Waals surface area contributed by atoms with Gasteiger partial charge in [0.1, 0.15) is 10.8 Å². The summed E-state index contributed by atoms with van der Waals surface area (Å²) in [6.07, 6.45) is -4.13. The molecule has 0 amide bonds. The molecular formula is C24H29ClF3N7O2. The van der Waals surface area contributed by atoms with E-state index in [1.807, 2.05) is 32.0 Å². The number of aliphatic hydroxyl groups is 1. The van der Waals surface area contributed by atoms with Gasteiger partial charge in [-0.15, -0.1) is 0 Å². The van der Waals surface area contributed by atoms with Gasteiger partial charge in [0, 0.05) is 30.1 Å². The second kappa shape index (κ2) is 11.1. The van der Waals surface area contributed by atoms with Crippen LogP contribution < -0.4 is 15.4 Å². The number of aryl methyl sites for hydroxylation is 2. The summed E-state index contributed by atoms with van der Waals surface area (Å²) in [7, 11) is 1.58. The summed E-state index contributed by atoms with van der Waals surface area (Å²) in [5, 5.41) is 23.0. The summed E-state index contributed by atoms with van der Waals surface area (Å²) in [4.78, 5) is 10.4. The van der Waals surface area contributed by atoms with Crippen LogP contribution in [0.4, 0.5) is 36.4 Å². The van der Waals surface area contributed by atoms with Gasteiger partial charge in [0.15, 0.2) is 17.7 Å². The average Bonchev–Trinajstić information content (AvgIpc) is 3.26. The molecule has 4 N–H and O–H groups in total. The first-order chi connectivity index (χ1) is 17.5. The van der Waals surface area contributed by atoms with Crippen molar-refractivity contribution in [1.29, 1.82) is 0 Å². The zero-order valence-corrected chi connectivity index (χ0v) is 21.4. The summed E-state index contributed by atoms with van der Waals surface area (Å²) in [6, 6.07) is 5.71. The van der Waals surface area contributed by atoms with Crippen molar-refractivity contribution in [2.24, 2.45) is 0 Å². The lowest BCUT2D eigenvalue weighted by Crippen LogP contribution is -2.44. The fourth-order valence-corrected chi connectivity index (χ4v) is 4.49. The molecule has 37 heavy (non-hydrogen) atoms. The third kappa shape index (κ3) is 6.62. The van der Waals surface area contributed by atoms with Crippen molar-refractivity contribution in [3.05, 3.63) is 46.2 Å². The number of halogens is 4. The van der Waals surface area contributed by atoms with Crippen molar-refractivity contribution in [2.75, 3.05) is 37.4 Å². The van der Waals surface area contributed by atoms with Gasteiger partial charge in [0.2, 0.25) is 5.95 Å². The lowest BCUT2D eigenvalue weighted by atomic mass is 9.87. The molecule has 13 heteroatoms. The Hall–Kier alpha value is -3.09. The van der Waals surface area contributed by atoms with Gasteiger partial charge < -0.3 is 25.4 Å². The van der Waals surface area contributed by atoms with Gasteiger partial charge in [-0.05, 0) is 56.8 Å².